The van der Waals surface area contributed by atoms with Crippen molar-refractivity contribution in [3.63, 3.8) is 0 Å². The van der Waals surface area contributed by atoms with Gasteiger partial charge in [0.15, 0.2) is 0 Å². The van der Waals surface area contributed by atoms with Crippen LogP contribution in [0, 0.1) is 46.3 Å². The number of halogens is 5. The van der Waals surface area contributed by atoms with Gasteiger partial charge in [0.1, 0.15) is 0 Å². The molecular weight excluding hydrogens is 1020 g/mol. The number of fused-ring (bicyclic) bond motifs is 2. The molecule has 0 aromatic heterocycles. The summed E-state index contributed by atoms with van der Waals surface area (Å²) in [6.45, 7) is 15.8. The molecule has 377 valence electrons. The van der Waals surface area contributed by atoms with E-state index in [1.54, 1.807) is 0 Å². The first kappa shape index (κ1) is 49.7. The summed E-state index contributed by atoms with van der Waals surface area (Å²) in [6, 6.07) is 32.0. The van der Waals surface area contributed by atoms with E-state index >= 15 is 0 Å². The van der Waals surface area contributed by atoms with Gasteiger partial charge in [-0.1, -0.05) is 0 Å². The fourth-order valence-corrected chi connectivity index (χ4v) is 58.6. The van der Waals surface area contributed by atoms with Crippen LogP contribution >= 0.6 is 17.0 Å². The molecule has 0 nitrogen and oxygen atoms in total. The molecular formula is C64H78Cl2F3SiZr. The average Bonchev–Trinajstić information content (AvgIpc) is 3.85. The minimum atomic E-state index is -5.86. The van der Waals surface area contributed by atoms with E-state index in [1.165, 1.54) is 144 Å². The Bertz CT molecular complexity index is 2550. The summed E-state index contributed by atoms with van der Waals surface area (Å²) in [5.74, 6) is 2.06. The van der Waals surface area contributed by atoms with Gasteiger partial charge >= 0.3 is 437 Å². The Hall–Kier alpha value is -2.17. The van der Waals surface area contributed by atoms with Crippen molar-refractivity contribution in [2.75, 3.05) is 0 Å². The van der Waals surface area contributed by atoms with E-state index < -0.39 is 34.1 Å². The van der Waals surface area contributed by atoms with Crippen molar-refractivity contribution in [3.05, 3.63) is 129 Å². The minimum absolute atomic E-state index is 0.0246. The quantitative estimate of drug-likeness (QED) is 0.131. The van der Waals surface area contributed by atoms with Gasteiger partial charge in [0, 0.05) is 0 Å². The molecule has 8 bridgehead atoms. The number of hydrogen-bond donors (Lipinski definition) is 0. The Labute approximate surface area is 433 Å². The molecule has 14 rings (SSSR count). The third-order valence-electron chi connectivity index (χ3n) is 20.8. The zero-order valence-electron chi connectivity index (χ0n) is 43.6. The van der Waals surface area contributed by atoms with Crippen molar-refractivity contribution in [3.8, 4) is 22.3 Å². The third-order valence-corrected chi connectivity index (χ3v) is 71.0. The Morgan fingerprint density at radius 3 is 1.17 bits per heavy atom. The second-order valence-electron chi connectivity index (χ2n) is 28.0. The first-order valence-electron chi connectivity index (χ1n) is 28.0. The van der Waals surface area contributed by atoms with E-state index in [2.05, 4.69) is 145 Å². The molecule has 4 aromatic carbocycles. The van der Waals surface area contributed by atoms with Crippen LogP contribution in [0.4, 0.5) is 13.2 Å². The van der Waals surface area contributed by atoms with Gasteiger partial charge in [-0.05, 0) is 0 Å². The molecule has 8 saturated carbocycles. The van der Waals surface area contributed by atoms with Crippen LogP contribution in [0.25, 0.3) is 34.4 Å². The van der Waals surface area contributed by atoms with Gasteiger partial charge in [-0.15, -0.1) is 0 Å². The maximum atomic E-state index is 14.9. The number of alkyl halides is 3. The fraction of sp³-hybridized carbons (Fsp3) is 0.562. The molecule has 4 aromatic rings. The van der Waals surface area contributed by atoms with Crippen LogP contribution in [0.2, 0.25) is 12.6 Å². The first-order chi connectivity index (χ1) is 33.4. The number of allylic oxidation sites excluding steroid dienone is 2. The summed E-state index contributed by atoms with van der Waals surface area (Å²) in [6.07, 6.45) is 17.7. The number of hydrogen-bond acceptors (Lipinski definition) is 0. The van der Waals surface area contributed by atoms with Crippen LogP contribution < -0.4 is 0 Å². The molecule has 8 fully saturated rings. The average molecular weight is 1090 g/mol. The molecule has 0 amide bonds. The second kappa shape index (κ2) is 17.2. The molecule has 0 aliphatic heterocycles. The van der Waals surface area contributed by atoms with Crippen molar-refractivity contribution >= 4 is 35.1 Å². The van der Waals surface area contributed by atoms with Crippen LogP contribution in [0.1, 0.15) is 178 Å². The summed E-state index contributed by atoms with van der Waals surface area (Å²) in [4.78, 5) is 0. The van der Waals surface area contributed by atoms with Crippen LogP contribution in [0.5, 0.6) is 0 Å². The Balaban J connectivity index is 1.07. The van der Waals surface area contributed by atoms with Crippen LogP contribution in [0.15, 0.2) is 96.1 Å². The standard InChI is InChI=1S/2C30H35.C4H8F3Si.2ClH.Zr/c2*1-29(2,3)26-9-7-24(8-10-26)27-6-4-5-25-14-23(15-28(25)27)19-30-16-20-11-21(17-30)13-22(12-20)18-30;1-8-3-2-4(5,6)7;;;/h2*4-10,14-15,20-22H,11-13,16-19H2,1-3H3;8H,2-3H2,1H3;2*1H;/q;;;;;+2/p-2. The maximum absolute atomic E-state index is 14.9. The van der Waals surface area contributed by atoms with Gasteiger partial charge < -0.3 is 0 Å². The van der Waals surface area contributed by atoms with Gasteiger partial charge in [0.2, 0.25) is 0 Å². The summed E-state index contributed by atoms with van der Waals surface area (Å²) >= 11 is -5.86. The van der Waals surface area contributed by atoms with E-state index in [4.69, 9.17) is 0 Å². The molecule has 0 N–H and O–H groups in total. The van der Waals surface area contributed by atoms with E-state index in [9.17, 15) is 30.2 Å². The van der Waals surface area contributed by atoms with Crippen molar-refractivity contribution in [1.29, 1.82) is 0 Å². The van der Waals surface area contributed by atoms with E-state index in [1.807, 2.05) is 0 Å². The van der Waals surface area contributed by atoms with E-state index in [0.717, 1.165) is 48.3 Å². The topological polar surface area (TPSA) is 0 Å². The van der Waals surface area contributed by atoms with Gasteiger partial charge in [0.25, 0.3) is 0 Å². The Morgan fingerprint density at radius 2 is 0.859 bits per heavy atom. The fourth-order valence-electron chi connectivity index (χ4n) is 18.6. The Kier molecular flexibility index (Phi) is 12.0. The van der Waals surface area contributed by atoms with Crippen molar-refractivity contribution < 1.29 is 28.7 Å². The molecule has 10 aliphatic carbocycles. The van der Waals surface area contributed by atoms with Gasteiger partial charge in [-0.3, -0.25) is 0 Å². The predicted octanol–water partition coefficient (Wildman–Crippen LogP) is 19.7. The number of rotatable bonds is 11. The monoisotopic (exact) mass is 1090 g/mol. The third kappa shape index (κ3) is 8.70. The van der Waals surface area contributed by atoms with Crippen molar-refractivity contribution in [2.24, 2.45) is 46.3 Å². The molecule has 10 aliphatic rings. The SMILES string of the molecule is C[SiH](CCC(F)(F)F)[Zr]([Cl])([Cl])([CH]1C(CC23CC4CC(CC(C4)C2)C3)=Cc2c(-c3ccc(C(C)(C)C)cc3)cccc21)[CH]1C(CC23CC4CC(CC(C4)C2)C3)=Cc2c(-c3ccc(C(C)(C)C)cc3)cccc21. The molecule has 3 unspecified atom stereocenters. The molecule has 0 saturated heterocycles. The summed E-state index contributed by atoms with van der Waals surface area (Å²) < 4.78 is 44.2. The molecule has 7 heteroatoms. The predicted molar refractivity (Wildman–Crippen MR) is 293 cm³/mol. The second-order valence-corrected chi connectivity index (χ2v) is 69.4. The number of benzene rings is 4. The van der Waals surface area contributed by atoms with E-state index in [-0.39, 0.29) is 35.0 Å². The summed E-state index contributed by atoms with van der Waals surface area (Å²) in [5.41, 5.74) is 15.4. The zero-order valence-corrected chi connectivity index (χ0v) is 48.8. The van der Waals surface area contributed by atoms with Gasteiger partial charge in [-0.25, -0.2) is 0 Å². The van der Waals surface area contributed by atoms with Crippen LogP contribution in [0.3, 0.4) is 0 Å². The molecule has 0 spiro atoms. The van der Waals surface area contributed by atoms with Gasteiger partial charge in [0.05, 0.1) is 0 Å². The zero-order chi connectivity index (χ0) is 49.7. The molecule has 3 atom stereocenters. The molecule has 71 heavy (non-hydrogen) atoms. The van der Waals surface area contributed by atoms with Gasteiger partial charge in [-0.2, -0.15) is 0 Å². The van der Waals surface area contributed by atoms with Crippen LogP contribution in [-0.4, -0.2) is 12.1 Å². The normalized spacial score (nSPS) is 32.6. The Morgan fingerprint density at radius 1 is 0.521 bits per heavy atom. The summed E-state index contributed by atoms with van der Waals surface area (Å²) in [7, 11) is 18.9. The van der Waals surface area contributed by atoms with Crippen molar-refractivity contribution in [1.82, 2.24) is 0 Å². The molecule has 0 heterocycles. The van der Waals surface area contributed by atoms with Crippen LogP contribution in [-0.2, 0) is 26.4 Å². The summed E-state index contributed by atoms with van der Waals surface area (Å²) in [5, 5.41) is 0. The van der Waals surface area contributed by atoms with Crippen molar-refractivity contribution in [2.45, 2.75) is 175 Å². The van der Waals surface area contributed by atoms with E-state index in [0.29, 0.717) is 0 Å². The first-order valence-corrected chi connectivity index (χ1v) is 43.9. The molecule has 0 radical (unpaired) electrons.